The van der Waals surface area contributed by atoms with Gasteiger partial charge in [-0.2, -0.15) is 0 Å². The summed E-state index contributed by atoms with van der Waals surface area (Å²) in [4.78, 5) is 0. The molecule has 2 fully saturated rings. The molecular formula is C27H30O3. The van der Waals surface area contributed by atoms with Gasteiger partial charge in [0.05, 0.1) is 7.11 Å². The van der Waals surface area contributed by atoms with Gasteiger partial charge in [0, 0.05) is 11.0 Å². The Morgan fingerprint density at radius 2 is 1.87 bits per heavy atom. The Kier molecular flexibility index (Phi) is 4.42. The molecule has 30 heavy (non-hydrogen) atoms. The maximum absolute atomic E-state index is 11.1. The monoisotopic (exact) mass is 402 g/mol. The predicted octanol–water partition coefficient (Wildman–Crippen LogP) is 5.29. The molecule has 3 heteroatoms. The molecule has 2 aromatic rings. The van der Waals surface area contributed by atoms with Gasteiger partial charge >= 0.3 is 0 Å². The van der Waals surface area contributed by atoms with E-state index in [0.717, 1.165) is 49.0 Å². The van der Waals surface area contributed by atoms with E-state index in [2.05, 4.69) is 18.9 Å². The van der Waals surface area contributed by atoms with Gasteiger partial charge in [-0.05, 0) is 97.2 Å². The van der Waals surface area contributed by atoms with Crippen LogP contribution in [0.2, 0.25) is 0 Å². The summed E-state index contributed by atoms with van der Waals surface area (Å²) >= 11 is 0. The van der Waals surface area contributed by atoms with E-state index in [1.54, 1.807) is 7.11 Å². The normalized spacial score (nSPS) is 34.4. The molecule has 0 saturated heterocycles. The van der Waals surface area contributed by atoms with Gasteiger partial charge < -0.3 is 14.9 Å². The molecule has 156 valence electrons. The molecule has 2 saturated carbocycles. The fourth-order valence-corrected chi connectivity index (χ4v) is 6.86. The van der Waals surface area contributed by atoms with Crippen LogP contribution < -0.4 is 4.74 Å². The summed E-state index contributed by atoms with van der Waals surface area (Å²) in [7, 11) is 1.66. The topological polar surface area (TPSA) is 49.7 Å². The van der Waals surface area contributed by atoms with Crippen molar-refractivity contribution in [2.24, 2.45) is 17.3 Å². The number of phenols is 1. The molecule has 0 bridgehead atoms. The molecule has 5 rings (SSSR count). The van der Waals surface area contributed by atoms with Crippen molar-refractivity contribution >= 4 is 0 Å². The van der Waals surface area contributed by atoms with Crippen molar-refractivity contribution in [2.75, 3.05) is 7.11 Å². The maximum Gasteiger partial charge on any atom is 0.130 e. The Morgan fingerprint density at radius 1 is 1.10 bits per heavy atom. The number of phenolic OH excluding ortho intramolecular Hbond substituents is 1. The van der Waals surface area contributed by atoms with Crippen molar-refractivity contribution in [3.63, 3.8) is 0 Å². The number of terminal acetylenes is 1. The van der Waals surface area contributed by atoms with Crippen molar-refractivity contribution in [1.82, 2.24) is 0 Å². The van der Waals surface area contributed by atoms with Gasteiger partial charge in [-0.1, -0.05) is 25.0 Å². The molecule has 0 amide bonds. The Bertz CT molecular complexity index is 1020. The zero-order valence-electron chi connectivity index (χ0n) is 17.8. The fourth-order valence-electron chi connectivity index (χ4n) is 6.86. The van der Waals surface area contributed by atoms with Crippen LogP contribution in [0.15, 0.2) is 36.4 Å². The second-order valence-corrected chi connectivity index (χ2v) is 9.71. The third-order valence-corrected chi connectivity index (χ3v) is 8.63. The number of rotatable bonds is 2. The van der Waals surface area contributed by atoms with Crippen LogP contribution in [0.1, 0.15) is 56.1 Å². The summed E-state index contributed by atoms with van der Waals surface area (Å²) < 4.78 is 5.28. The van der Waals surface area contributed by atoms with Gasteiger partial charge in [-0.3, -0.25) is 0 Å². The zero-order chi connectivity index (χ0) is 21.1. The zero-order valence-corrected chi connectivity index (χ0v) is 17.8. The van der Waals surface area contributed by atoms with Crippen LogP contribution in [0.25, 0.3) is 11.1 Å². The van der Waals surface area contributed by atoms with Crippen LogP contribution in [0.3, 0.4) is 0 Å². The van der Waals surface area contributed by atoms with Crippen LogP contribution >= 0.6 is 0 Å². The summed E-state index contributed by atoms with van der Waals surface area (Å²) in [6.45, 7) is 2.22. The SMILES string of the molecule is C#C[C@]1(O)CC[C@H]2[C@@H]3CCc4cc(O)c(-c5ccc(OC)cc5)cc4[C@H]3CC[C@@]21C. The molecule has 2 aromatic carbocycles. The molecule has 0 aliphatic heterocycles. The number of benzene rings is 2. The highest BCUT2D eigenvalue weighted by atomic mass is 16.5. The van der Waals surface area contributed by atoms with E-state index in [1.165, 1.54) is 11.1 Å². The Labute approximate surface area is 179 Å². The predicted molar refractivity (Wildman–Crippen MR) is 118 cm³/mol. The number of aryl methyl sites for hydroxylation is 1. The first-order valence-corrected chi connectivity index (χ1v) is 11.1. The number of hydrogen-bond donors (Lipinski definition) is 2. The maximum atomic E-state index is 11.1. The first-order chi connectivity index (χ1) is 14.4. The first kappa shape index (κ1) is 19.5. The lowest BCUT2D eigenvalue weighted by Gasteiger charge is -2.52. The van der Waals surface area contributed by atoms with Gasteiger partial charge in [0.25, 0.3) is 0 Å². The van der Waals surface area contributed by atoms with E-state index < -0.39 is 5.60 Å². The molecule has 3 aliphatic carbocycles. The highest BCUT2D eigenvalue weighted by molar-refractivity contribution is 5.72. The van der Waals surface area contributed by atoms with Gasteiger partial charge in [-0.25, -0.2) is 0 Å². The van der Waals surface area contributed by atoms with Crippen molar-refractivity contribution in [3.8, 4) is 35.0 Å². The molecule has 5 atom stereocenters. The summed E-state index contributed by atoms with van der Waals surface area (Å²) in [5.41, 5.74) is 3.40. The van der Waals surface area contributed by atoms with Crippen molar-refractivity contribution in [1.29, 1.82) is 0 Å². The Morgan fingerprint density at radius 3 is 2.57 bits per heavy atom. The van der Waals surface area contributed by atoms with Gasteiger partial charge in [0.2, 0.25) is 0 Å². The minimum absolute atomic E-state index is 0.184. The van der Waals surface area contributed by atoms with E-state index in [0.29, 0.717) is 29.9 Å². The van der Waals surface area contributed by atoms with Crippen LogP contribution in [0.4, 0.5) is 0 Å². The van der Waals surface area contributed by atoms with Crippen molar-refractivity contribution in [3.05, 3.63) is 47.5 Å². The first-order valence-electron chi connectivity index (χ1n) is 11.1. The van der Waals surface area contributed by atoms with E-state index in [1.807, 2.05) is 30.3 Å². The number of fused-ring (bicyclic) bond motifs is 5. The van der Waals surface area contributed by atoms with E-state index in [4.69, 9.17) is 11.2 Å². The number of aliphatic hydroxyl groups is 1. The third-order valence-electron chi connectivity index (χ3n) is 8.63. The highest BCUT2D eigenvalue weighted by Crippen LogP contribution is 2.64. The quantitative estimate of drug-likeness (QED) is 0.671. The second-order valence-electron chi connectivity index (χ2n) is 9.71. The lowest BCUT2D eigenvalue weighted by molar-refractivity contribution is -0.0646. The van der Waals surface area contributed by atoms with Crippen LogP contribution in [0.5, 0.6) is 11.5 Å². The molecule has 0 radical (unpaired) electrons. The number of ether oxygens (including phenoxy) is 1. The number of hydrogen-bond acceptors (Lipinski definition) is 3. The molecule has 0 spiro atoms. The molecule has 0 aromatic heterocycles. The largest absolute Gasteiger partial charge is 0.507 e. The Hall–Kier alpha value is -2.44. The fraction of sp³-hybridized carbons (Fsp3) is 0.481. The summed E-state index contributed by atoms with van der Waals surface area (Å²) in [5, 5.41) is 21.9. The molecule has 0 heterocycles. The van der Waals surface area contributed by atoms with Gasteiger partial charge in [0.1, 0.15) is 17.1 Å². The minimum Gasteiger partial charge on any atom is -0.507 e. The summed E-state index contributed by atoms with van der Waals surface area (Å²) in [6, 6.07) is 12.1. The van der Waals surface area contributed by atoms with Crippen LogP contribution in [-0.2, 0) is 6.42 Å². The standard InChI is InChI=1S/C27H30O3/c1-4-27(29)14-12-24-21-10-7-18-15-25(28)23(17-5-8-19(30-3)9-6-17)16-22(18)20(21)11-13-26(24,27)2/h1,5-6,8-9,15-16,20-21,24,28-29H,7,10-14H2,2-3H3/t20-,21+,24-,26-,27-/m0/s1. The average molecular weight is 403 g/mol. The molecule has 3 nitrogen and oxygen atoms in total. The van der Waals surface area contributed by atoms with E-state index >= 15 is 0 Å². The van der Waals surface area contributed by atoms with Crippen molar-refractivity contribution in [2.45, 2.75) is 57.0 Å². The lowest BCUT2D eigenvalue weighted by atomic mass is 9.53. The Balaban J connectivity index is 1.53. The smallest absolute Gasteiger partial charge is 0.130 e. The van der Waals surface area contributed by atoms with Gasteiger partial charge in [0.15, 0.2) is 0 Å². The number of aromatic hydroxyl groups is 1. The van der Waals surface area contributed by atoms with Crippen LogP contribution in [0, 0.1) is 29.6 Å². The molecular weight excluding hydrogens is 372 g/mol. The van der Waals surface area contributed by atoms with Crippen LogP contribution in [-0.4, -0.2) is 22.9 Å². The third kappa shape index (κ3) is 2.63. The summed E-state index contributed by atoms with van der Waals surface area (Å²) in [6.07, 6.45) is 11.6. The number of methoxy groups -OCH3 is 1. The highest BCUT2D eigenvalue weighted by Gasteiger charge is 2.61. The molecule has 2 N–H and O–H groups in total. The van der Waals surface area contributed by atoms with E-state index in [-0.39, 0.29) is 5.41 Å². The van der Waals surface area contributed by atoms with E-state index in [9.17, 15) is 10.2 Å². The average Bonchev–Trinajstić information content (AvgIpc) is 3.04. The summed E-state index contributed by atoms with van der Waals surface area (Å²) in [5.74, 6) is 5.40. The molecule has 3 aliphatic rings. The van der Waals surface area contributed by atoms with Gasteiger partial charge in [-0.15, -0.1) is 6.42 Å². The van der Waals surface area contributed by atoms with Crippen molar-refractivity contribution < 1.29 is 14.9 Å². The minimum atomic E-state index is -0.966. The second kappa shape index (κ2) is 6.79. The molecule has 0 unspecified atom stereocenters. The lowest BCUT2D eigenvalue weighted by Crippen LogP contribution is -2.50.